The smallest absolute Gasteiger partial charge is 0.122 e. The molecule has 3 heteroatoms. The molecule has 0 atom stereocenters. The van der Waals surface area contributed by atoms with Crippen molar-refractivity contribution in [2.45, 2.75) is 19.3 Å². The molecule has 0 saturated carbocycles. The minimum Gasteiger partial charge on any atom is -0.497 e. The van der Waals surface area contributed by atoms with Gasteiger partial charge in [-0.25, -0.2) is 0 Å². The summed E-state index contributed by atoms with van der Waals surface area (Å²) in [6.07, 6.45) is 2.75. The highest BCUT2D eigenvalue weighted by molar-refractivity contribution is 5.38. The summed E-state index contributed by atoms with van der Waals surface area (Å²) in [5, 5.41) is 8.70. The van der Waals surface area contributed by atoms with Crippen LogP contribution < -0.4 is 9.47 Å². The van der Waals surface area contributed by atoms with Crippen LogP contribution in [0.2, 0.25) is 0 Å². The molecule has 0 bridgehead atoms. The molecular weight excluding hydrogens is 192 g/mol. The molecule has 0 spiro atoms. The maximum Gasteiger partial charge on any atom is 0.122 e. The molecule has 0 saturated heterocycles. The molecule has 0 unspecified atom stereocenters. The van der Waals surface area contributed by atoms with Crippen molar-refractivity contribution < 1.29 is 14.6 Å². The highest BCUT2D eigenvalue weighted by atomic mass is 16.5. The van der Waals surface area contributed by atoms with E-state index in [1.807, 2.05) is 18.2 Å². The van der Waals surface area contributed by atoms with Gasteiger partial charge in [0.25, 0.3) is 0 Å². The highest BCUT2D eigenvalue weighted by Crippen LogP contribution is 2.23. The first-order chi connectivity index (χ1) is 7.30. The minimum absolute atomic E-state index is 0.251. The number of unbranched alkanes of at least 4 members (excludes halogenated alkanes) is 1. The van der Waals surface area contributed by atoms with E-state index in [1.54, 1.807) is 14.2 Å². The number of hydrogen-bond acceptors (Lipinski definition) is 3. The maximum atomic E-state index is 8.70. The molecule has 1 rings (SSSR count). The molecule has 0 heterocycles. The van der Waals surface area contributed by atoms with Crippen molar-refractivity contribution in [3.05, 3.63) is 23.8 Å². The molecule has 0 aromatic heterocycles. The van der Waals surface area contributed by atoms with Gasteiger partial charge in [-0.15, -0.1) is 0 Å². The molecule has 0 aliphatic carbocycles. The number of rotatable bonds is 6. The van der Waals surface area contributed by atoms with E-state index < -0.39 is 0 Å². The Labute approximate surface area is 90.6 Å². The Morgan fingerprint density at radius 2 is 1.60 bits per heavy atom. The van der Waals surface area contributed by atoms with Gasteiger partial charge in [-0.1, -0.05) is 0 Å². The third kappa shape index (κ3) is 3.80. The summed E-state index contributed by atoms with van der Waals surface area (Å²) in [6, 6.07) is 5.86. The average Bonchev–Trinajstić information content (AvgIpc) is 2.29. The minimum atomic E-state index is 0.251. The average molecular weight is 210 g/mol. The third-order valence-corrected chi connectivity index (χ3v) is 2.28. The Balaban J connectivity index is 2.68. The number of aliphatic hydroxyl groups excluding tert-OH is 1. The molecule has 1 aromatic carbocycles. The SMILES string of the molecule is COc1cc(CCCCO)cc(OC)c1. The number of benzene rings is 1. The van der Waals surface area contributed by atoms with Gasteiger partial charge >= 0.3 is 0 Å². The van der Waals surface area contributed by atoms with Crippen molar-refractivity contribution in [1.29, 1.82) is 0 Å². The third-order valence-electron chi connectivity index (χ3n) is 2.28. The summed E-state index contributed by atoms with van der Waals surface area (Å²) in [4.78, 5) is 0. The number of hydrogen-bond donors (Lipinski definition) is 1. The van der Waals surface area contributed by atoms with Gasteiger partial charge in [0.2, 0.25) is 0 Å². The second-order valence-corrected chi connectivity index (χ2v) is 3.40. The lowest BCUT2D eigenvalue weighted by Gasteiger charge is -2.08. The van der Waals surface area contributed by atoms with Crippen LogP contribution in [0.4, 0.5) is 0 Å². The Hall–Kier alpha value is -1.22. The van der Waals surface area contributed by atoms with Crippen LogP contribution >= 0.6 is 0 Å². The predicted molar refractivity (Wildman–Crippen MR) is 59.6 cm³/mol. The molecule has 84 valence electrons. The van der Waals surface area contributed by atoms with Crippen molar-refractivity contribution in [3.8, 4) is 11.5 Å². The standard InChI is InChI=1S/C12H18O3/c1-14-11-7-10(5-3-4-6-13)8-12(9-11)15-2/h7-9,13H,3-6H2,1-2H3. The maximum absolute atomic E-state index is 8.70. The Bertz CT molecular complexity index is 275. The van der Waals surface area contributed by atoms with E-state index in [0.29, 0.717) is 0 Å². The van der Waals surface area contributed by atoms with E-state index in [0.717, 1.165) is 30.8 Å². The summed E-state index contributed by atoms with van der Waals surface area (Å²) >= 11 is 0. The zero-order chi connectivity index (χ0) is 11.1. The van der Waals surface area contributed by atoms with E-state index in [9.17, 15) is 0 Å². The van der Waals surface area contributed by atoms with Crippen LogP contribution in [0.3, 0.4) is 0 Å². The molecule has 1 aromatic rings. The molecular formula is C12H18O3. The van der Waals surface area contributed by atoms with E-state index in [-0.39, 0.29) is 6.61 Å². The normalized spacial score (nSPS) is 10.1. The largest absolute Gasteiger partial charge is 0.497 e. The van der Waals surface area contributed by atoms with Crippen molar-refractivity contribution in [2.75, 3.05) is 20.8 Å². The second-order valence-electron chi connectivity index (χ2n) is 3.40. The van der Waals surface area contributed by atoms with E-state index in [1.165, 1.54) is 5.56 Å². The van der Waals surface area contributed by atoms with E-state index in [2.05, 4.69) is 0 Å². The van der Waals surface area contributed by atoms with Crippen LogP contribution in [0, 0.1) is 0 Å². The molecule has 15 heavy (non-hydrogen) atoms. The van der Waals surface area contributed by atoms with Crippen LogP contribution in [0.25, 0.3) is 0 Å². The molecule has 0 radical (unpaired) electrons. The van der Waals surface area contributed by atoms with Gasteiger partial charge in [-0.3, -0.25) is 0 Å². The zero-order valence-electron chi connectivity index (χ0n) is 9.32. The summed E-state index contributed by atoms with van der Waals surface area (Å²) in [5.41, 5.74) is 1.18. The predicted octanol–water partition coefficient (Wildman–Crippen LogP) is 2.02. The second kappa shape index (κ2) is 6.30. The quantitative estimate of drug-likeness (QED) is 0.730. The van der Waals surface area contributed by atoms with Crippen molar-refractivity contribution in [1.82, 2.24) is 0 Å². The van der Waals surface area contributed by atoms with Crippen LogP contribution in [0.1, 0.15) is 18.4 Å². The Kier molecular flexibility index (Phi) is 4.98. The monoisotopic (exact) mass is 210 g/mol. The summed E-state index contributed by atoms with van der Waals surface area (Å²) in [5.74, 6) is 1.63. The molecule has 0 aliphatic heterocycles. The van der Waals surface area contributed by atoms with Gasteiger partial charge in [0, 0.05) is 12.7 Å². The topological polar surface area (TPSA) is 38.7 Å². The van der Waals surface area contributed by atoms with Gasteiger partial charge in [-0.2, -0.15) is 0 Å². The number of methoxy groups -OCH3 is 2. The number of ether oxygens (including phenoxy) is 2. The number of aryl methyl sites for hydroxylation is 1. The molecule has 0 amide bonds. The van der Waals surface area contributed by atoms with Crippen LogP contribution in [-0.2, 0) is 6.42 Å². The fourth-order valence-corrected chi connectivity index (χ4v) is 1.45. The fourth-order valence-electron chi connectivity index (χ4n) is 1.45. The lowest BCUT2D eigenvalue weighted by Crippen LogP contribution is -1.93. The summed E-state index contributed by atoms with van der Waals surface area (Å²) < 4.78 is 10.3. The van der Waals surface area contributed by atoms with Crippen LogP contribution in [0.15, 0.2) is 18.2 Å². The van der Waals surface area contributed by atoms with Gasteiger partial charge < -0.3 is 14.6 Å². The van der Waals surface area contributed by atoms with Crippen LogP contribution in [-0.4, -0.2) is 25.9 Å². The van der Waals surface area contributed by atoms with Crippen molar-refractivity contribution >= 4 is 0 Å². The molecule has 1 N–H and O–H groups in total. The molecule has 0 aliphatic rings. The van der Waals surface area contributed by atoms with Crippen LogP contribution in [0.5, 0.6) is 11.5 Å². The van der Waals surface area contributed by atoms with Gasteiger partial charge in [0.15, 0.2) is 0 Å². The summed E-state index contributed by atoms with van der Waals surface area (Å²) in [7, 11) is 3.29. The van der Waals surface area contributed by atoms with Gasteiger partial charge in [-0.05, 0) is 37.0 Å². The summed E-state index contributed by atoms with van der Waals surface area (Å²) in [6.45, 7) is 0.251. The lowest BCUT2D eigenvalue weighted by atomic mass is 10.1. The number of aliphatic hydroxyl groups is 1. The first kappa shape index (κ1) is 11.9. The van der Waals surface area contributed by atoms with Crippen molar-refractivity contribution in [2.24, 2.45) is 0 Å². The Morgan fingerprint density at radius 3 is 2.07 bits per heavy atom. The van der Waals surface area contributed by atoms with E-state index in [4.69, 9.17) is 14.6 Å². The molecule has 3 nitrogen and oxygen atoms in total. The first-order valence-electron chi connectivity index (χ1n) is 5.13. The Morgan fingerprint density at radius 1 is 1.00 bits per heavy atom. The lowest BCUT2D eigenvalue weighted by molar-refractivity contribution is 0.284. The molecule has 0 fully saturated rings. The van der Waals surface area contributed by atoms with Gasteiger partial charge in [0.1, 0.15) is 11.5 Å². The van der Waals surface area contributed by atoms with Gasteiger partial charge in [0.05, 0.1) is 14.2 Å². The fraction of sp³-hybridized carbons (Fsp3) is 0.500. The highest BCUT2D eigenvalue weighted by Gasteiger charge is 2.01. The zero-order valence-corrected chi connectivity index (χ0v) is 9.32. The van der Waals surface area contributed by atoms with E-state index >= 15 is 0 Å². The first-order valence-corrected chi connectivity index (χ1v) is 5.13. The van der Waals surface area contributed by atoms with Crippen molar-refractivity contribution in [3.63, 3.8) is 0 Å².